The molecule has 3 nitrogen and oxygen atoms in total. The Bertz CT molecular complexity index is 107. The third-order valence-corrected chi connectivity index (χ3v) is 0.318. The number of aliphatic hydroxyl groups excluding tert-OH is 1. The molecular weight excluding hydrogens is 103 g/mol. The van der Waals surface area contributed by atoms with Gasteiger partial charge in [-0.15, -0.1) is 0 Å². The van der Waals surface area contributed by atoms with E-state index in [2.05, 4.69) is 0 Å². The molecule has 0 saturated carbocycles. The molecule has 0 bridgehead atoms. The van der Waals surface area contributed by atoms with Gasteiger partial charge < -0.3 is 10.2 Å². The maximum atomic E-state index is 11.3. The number of aliphatic carboxylic acids is 1. The van der Waals surface area contributed by atoms with Crippen LogP contribution in [0.25, 0.3) is 0 Å². The lowest BCUT2D eigenvalue weighted by atomic mass is 10.6. The van der Waals surface area contributed by atoms with E-state index in [1.54, 1.807) is 0 Å². The van der Waals surface area contributed by atoms with Gasteiger partial charge in [0.2, 0.25) is 5.83 Å². The molecule has 2 N–H and O–H groups in total. The van der Waals surface area contributed by atoms with E-state index in [4.69, 9.17) is 10.2 Å². The zero-order chi connectivity index (χ0) is 5.86. The summed E-state index contributed by atoms with van der Waals surface area (Å²) in [6, 6.07) is 0. The SMILES string of the molecule is O=C(O)C(F)=CO. The van der Waals surface area contributed by atoms with Gasteiger partial charge in [-0.2, -0.15) is 4.39 Å². The van der Waals surface area contributed by atoms with E-state index >= 15 is 0 Å². The third kappa shape index (κ3) is 1.75. The maximum Gasteiger partial charge on any atom is 0.368 e. The molecule has 0 radical (unpaired) electrons. The van der Waals surface area contributed by atoms with Crippen LogP contribution >= 0.6 is 0 Å². The number of rotatable bonds is 1. The zero-order valence-electron chi connectivity index (χ0n) is 3.26. The summed E-state index contributed by atoms with van der Waals surface area (Å²) in [6.07, 6.45) is -0.109. The standard InChI is InChI=1S/C3H3FO3/c4-2(1-5)3(6)7/h1,5H,(H,6,7). The van der Waals surface area contributed by atoms with Crippen molar-refractivity contribution in [3.63, 3.8) is 0 Å². The van der Waals surface area contributed by atoms with E-state index in [9.17, 15) is 9.18 Å². The van der Waals surface area contributed by atoms with Crippen molar-refractivity contribution in [3.05, 3.63) is 12.1 Å². The average Bonchev–Trinajstić information content (AvgIpc) is 1.65. The molecule has 0 aromatic heterocycles. The van der Waals surface area contributed by atoms with Gasteiger partial charge in [-0.05, 0) is 0 Å². The van der Waals surface area contributed by atoms with Crippen LogP contribution in [0.1, 0.15) is 0 Å². The summed E-state index contributed by atoms with van der Waals surface area (Å²) in [4.78, 5) is 9.33. The number of carboxylic acid groups (broad SMARTS) is 1. The zero-order valence-corrected chi connectivity index (χ0v) is 3.26. The second-order valence-electron chi connectivity index (χ2n) is 0.782. The first kappa shape index (κ1) is 5.94. The Hall–Kier alpha value is -1.06. The maximum absolute atomic E-state index is 11.3. The predicted octanol–water partition coefficient (Wildman–Crippen LogP) is 0.440. The van der Waals surface area contributed by atoms with E-state index in [0.29, 0.717) is 0 Å². The Morgan fingerprint density at radius 1 is 1.71 bits per heavy atom. The van der Waals surface area contributed by atoms with Crippen molar-refractivity contribution in [1.82, 2.24) is 0 Å². The van der Waals surface area contributed by atoms with Crippen LogP contribution in [0.3, 0.4) is 0 Å². The summed E-state index contributed by atoms with van der Waals surface area (Å²) in [6.45, 7) is 0. The van der Waals surface area contributed by atoms with Crippen LogP contribution in [0.5, 0.6) is 0 Å². The molecule has 0 heterocycles. The minimum Gasteiger partial charge on any atom is -0.512 e. The minimum absolute atomic E-state index is 0.109. The van der Waals surface area contributed by atoms with E-state index in [1.807, 2.05) is 0 Å². The highest BCUT2D eigenvalue weighted by atomic mass is 19.1. The van der Waals surface area contributed by atoms with Crippen LogP contribution in [0, 0.1) is 0 Å². The Morgan fingerprint density at radius 2 is 2.14 bits per heavy atom. The van der Waals surface area contributed by atoms with E-state index in [-0.39, 0.29) is 6.26 Å². The van der Waals surface area contributed by atoms with Gasteiger partial charge in [0.05, 0.1) is 0 Å². The summed E-state index contributed by atoms with van der Waals surface area (Å²) in [7, 11) is 0. The Balaban J connectivity index is 3.82. The van der Waals surface area contributed by atoms with E-state index in [0.717, 1.165) is 0 Å². The highest BCUT2D eigenvalue weighted by Gasteiger charge is 2.01. The predicted molar refractivity (Wildman–Crippen MR) is 19.5 cm³/mol. The molecule has 0 rings (SSSR count). The van der Waals surface area contributed by atoms with Crippen LogP contribution in [-0.4, -0.2) is 16.2 Å². The largest absolute Gasteiger partial charge is 0.512 e. The fourth-order valence-electron chi connectivity index (χ4n) is 0.0552. The molecule has 7 heavy (non-hydrogen) atoms. The second-order valence-corrected chi connectivity index (χ2v) is 0.782. The summed E-state index contributed by atoms with van der Waals surface area (Å²) in [5, 5.41) is 15.2. The normalized spacial score (nSPS) is 11.3. The Morgan fingerprint density at radius 3 is 2.14 bits per heavy atom. The smallest absolute Gasteiger partial charge is 0.368 e. The molecule has 40 valence electrons. The highest BCUT2D eigenvalue weighted by molar-refractivity contribution is 5.83. The monoisotopic (exact) mass is 106 g/mol. The fourth-order valence-corrected chi connectivity index (χ4v) is 0.0552. The molecule has 0 aliphatic rings. The third-order valence-electron chi connectivity index (χ3n) is 0.318. The van der Waals surface area contributed by atoms with Crippen molar-refractivity contribution < 1.29 is 19.4 Å². The van der Waals surface area contributed by atoms with Gasteiger partial charge in [0, 0.05) is 0 Å². The summed E-state index contributed by atoms with van der Waals surface area (Å²) >= 11 is 0. The van der Waals surface area contributed by atoms with Crippen molar-refractivity contribution in [1.29, 1.82) is 0 Å². The van der Waals surface area contributed by atoms with E-state index in [1.165, 1.54) is 0 Å². The first-order chi connectivity index (χ1) is 3.18. The molecule has 0 saturated heterocycles. The first-order valence-electron chi connectivity index (χ1n) is 1.41. The average molecular weight is 106 g/mol. The topological polar surface area (TPSA) is 57.5 Å². The Labute approximate surface area is 38.7 Å². The molecule has 0 unspecified atom stereocenters. The number of carbonyl (C=O) groups is 1. The molecule has 0 amide bonds. The number of halogens is 1. The molecule has 0 aliphatic carbocycles. The van der Waals surface area contributed by atoms with Gasteiger partial charge in [-0.25, -0.2) is 4.79 Å². The minimum atomic E-state index is -1.76. The van der Waals surface area contributed by atoms with Gasteiger partial charge >= 0.3 is 5.97 Å². The lowest BCUT2D eigenvalue weighted by Crippen LogP contribution is -1.93. The van der Waals surface area contributed by atoms with Crippen LogP contribution in [0.4, 0.5) is 4.39 Å². The van der Waals surface area contributed by atoms with Crippen LogP contribution in [-0.2, 0) is 4.79 Å². The van der Waals surface area contributed by atoms with Gasteiger partial charge in [0.1, 0.15) is 6.26 Å². The lowest BCUT2D eigenvalue weighted by molar-refractivity contribution is -0.134. The molecular formula is C3H3FO3. The van der Waals surface area contributed by atoms with Crippen molar-refractivity contribution in [2.24, 2.45) is 0 Å². The second kappa shape index (κ2) is 2.17. The molecule has 4 heteroatoms. The van der Waals surface area contributed by atoms with Crippen LogP contribution < -0.4 is 0 Å². The summed E-state index contributed by atoms with van der Waals surface area (Å²) in [5.41, 5.74) is 0. The van der Waals surface area contributed by atoms with Gasteiger partial charge in [0.15, 0.2) is 0 Å². The van der Waals surface area contributed by atoms with E-state index < -0.39 is 11.8 Å². The number of aliphatic hydroxyl groups is 1. The molecule has 0 aromatic rings. The summed E-state index contributed by atoms with van der Waals surface area (Å²) in [5.74, 6) is -3.32. The van der Waals surface area contributed by atoms with Gasteiger partial charge in [-0.3, -0.25) is 0 Å². The molecule has 0 fully saturated rings. The lowest BCUT2D eigenvalue weighted by Gasteiger charge is -1.78. The molecule has 0 aliphatic heterocycles. The van der Waals surface area contributed by atoms with Crippen molar-refractivity contribution >= 4 is 5.97 Å². The van der Waals surface area contributed by atoms with Crippen molar-refractivity contribution in [3.8, 4) is 0 Å². The fraction of sp³-hybridized carbons (Fsp3) is 0. The molecule has 0 aromatic carbocycles. The van der Waals surface area contributed by atoms with Gasteiger partial charge in [-0.1, -0.05) is 0 Å². The van der Waals surface area contributed by atoms with Crippen molar-refractivity contribution in [2.45, 2.75) is 0 Å². The van der Waals surface area contributed by atoms with Crippen LogP contribution in [0.2, 0.25) is 0 Å². The first-order valence-corrected chi connectivity index (χ1v) is 1.41. The highest BCUT2D eigenvalue weighted by Crippen LogP contribution is 1.90. The number of hydrogen-bond donors (Lipinski definition) is 2. The molecule has 0 atom stereocenters. The van der Waals surface area contributed by atoms with Gasteiger partial charge in [0.25, 0.3) is 0 Å². The Kier molecular flexibility index (Phi) is 1.84. The van der Waals surface area contributed by atoms with Crippen LogP contribution in [0.15, 0.2) is 12.1 Å². The quantitative estimate of drug-likeness (QED) is 0.376. The number of hydrogen-bond acceptors (Lipinski definition) is 2. The summed E-state index contributed by atoms with van der Waals surface area (Å²) < 4.78 is 11.3. The molecule has 0 spiro atoms. The van der Waals surface area contributed by atoms with Crippen molar-refractivity contribution in [2.75, 3.05) is 0 Å². The number of carboxylic acids is 1.